The molecule has 9 heteroatoms. The number of aromatic nitrogens is 3. The second-order valence-corrected chi connectivity index (χ2v) is 11.8. The molecule has 34 heavy (non-hydrogen) atoms. The highest BCUT2D eigenvalue weighted by molar-refractivity contribution is 7.89. The fraction of sp³-hybridized carbons (Fsp3) is 0.440. The van der Waals surface area contributed by atoms with E-state index < -0.39 is 21.3 Å². The van der Waals surface area contributed by atoms with Gasteiger partial charge in [0.25, 0.3) is 0 Å². The van der Waals surface area contributed by atoms with Crippen molar-refractivity contribution in [2.75, 3.05) is 24.5 Å². The number of halogens is 1. The number of hydrogen-bond acceptors (Lipinski definition) is 5. The van der Waals surface area contributed by atoms with Gasteiger partial charge < -0.3 is 9.47 Å². The zero-order valence-electron chi connectivity index (χ0n) is 19.0. The predicted octanol–water partition coefficient (Wildman–Crippen LogP) is 3.95. The lowest BCUT2D eigenvalue weighted by Gasteiger charge is -2.36. The molecule has 3 fully saturated rings. The van der Waals surface area contributed by atoms with Crippen molar-refractivity contribution in [3.8, 4) is 0 Å². The van der Waals surface area contributed by atoms with E-state index in [0.717, 1.165) is 30.8 Å². The van der Waals surface area contributed by atoms with Crippen molar-refractivity contribution in [2.45, 2.75) is 37.1 Å². The number of benzene rings is 2. The molecule has 3 aromatic rings. The maximum atomic E-state index is 15.3. The Morgan fingerprint density at radius 1 is 1.03 bits per heavy atom. The lowest BCUT2D eigenvalue weighted by molar-refractivity contribution is 0.303. The van der Waals surface area contributed by atoms with Crippen molar-refractivity contribution >= 4 is 15.7 Å². The molecule has 3 aliphatic rings. The third-order valence-electron chi connectivity index (χ3n) is 7.86. The van der Waals surface area contributed by atoms with Gasteiger partial charge in [0, 0.05) is 54.8 Å². The van der Waals surface area contributed by atoms with Crippen LogP contribution in [0.1, 0.15) is 48.2 Å². The molecule has 7 nitrogen and oxygen atoms in total. The van der Waals surface area contributed by atoms with E-state index in [2.05, 4.69) is 19.7 Å². The molecule has 178 valence electrons. The summed E-state index contributed by atoms with van der Waals surface area (Å²) in [6.45, 7) is 3.95. The molecule has 0 N–H and O–H groups in total. The van der Waals surface area contributed by atoms with Gasteiger partial charge in [-0.2, -0.15) is 4.31 Å². The minimum absolute atomic E-state index is 0.349. The smallest absolute Gasteiger partial charge is 0.221 e. The van der Waals surface area contributed by atoms with E-state index in [1.54, 1.807) is 31.7 Å². The topological polar surface area (TPSA) is 71.3 Å². The van der Waals surface area contributed by atoms with Crippen LogP contribution in [0.3, 0.4) is 0 Å². The third kappa shape index (κ3) is 3.53. The average molecular weight is 482 g/mol. The Bertz CT molecular complexity index is 1270. The number of hydrogen-bond donors (Lipinski definition) is 0. The summed E-state index contributed by atoms with van der Waals surface area (Å²) >= 11 is 0. The molecular formula is C25H28FN5O2S. The highest BCUT2D eigenvalue weighted by atomic mass is 32.2. The molecule has 1 aromatic heterocycles. The van der Waals surface area contributed by atoms with Gasteiger partial charge >= 0.3 is 0 Å². The van der Waals surface area contributed by atoms with Crippen molar-refractivity contribution in [3.05, 3.63) is 78.1 Å². The normalized spacial score (nSPS) is 29.1. The minimum Gasteiger partial charge on any atom is -0.371 e. The fourth-order valence-corrected chi connectivity index (χ4v) is 8.24. The first kappa shape index (κ1) is 21.7. The van der Waals surface area contributed by atoms with Gasteiger partial charge in [-0.25, -0.2) is 12.8 Å². The molecule has 3 unspecified atom stereocenters. The molecule has 5 atom stereocenters. The fourth-order valence-electron chi connectivity index (χ4n) is 6.01. The Balaban J connectivity index is 1.18. The number of piperidine rings is 1. The van der Waals surface area contributed by atoms with Crippen LogP contribution in [-0.2, 0) is 10.0 Å². The summed E-state index contributed by atoms with van der Waals surface area (Å²) < 4.78 is 45.8. The van der Waals surface area contributed by atoms with Crippen LogP contribution in [0.5, 0.6) is 0 Å². The van der Waals surface area contributed by atoms with Crippen molar-refractivity contribution in [2.24, 2.45) is 11.8 Å². The molecule has 6 rings (SSSR count). The van der Waals surface area contributed by atoms with Gasteiger partial charge in [-0.1, -0.05) is 36.4 Å². The number of sulfonamides is 1. The molecule has 2 aromatic carbocycles. The molecule has 0 spiro atoms. The SMILES string of the molecule is CC(c1ccc(N2C[C@@H]3C(n4cnnc4)[C@@H]3C2)cc1F)N1CCCC(c2ccccc2)S1(=O)=O. The standard InChI is InChI=1S/C25H28FN5O2S/c1-17(31-11-5-8-24(34(31,32)33)18-6-3-2-4-7-18)20-10-9-19(12-23(20)26)29-13-21-22(14-29)25(21)30-15-27-28-16-30/h2-4,6-7,9-10,12,15-17,21-22,24-25H,5,8,11,13-14H2,1H3/t17?,21-,22+,24?,25?. The quantitative estimate of drug-likeness (QED) is 0.552. The summed E-state index contributed by atoms with van der Waals surface area (Å²) in [5, 5.41) is 7.22. The van der Waals surface area contributed by atoms with Crippen molar-refractivity contribution < 1.29 is 12.8 Å². The molecule has 1 aliphatic carbocycles. The number of nitrogens with zero attached hydrogens (tertiary/aromatic N) is 5. The Morgan fingerprint density at radius 2 is 1.74 bits per heavy atom. The zero-order valence-corrected chi connectivity index (χ0v) is 19.9. The largest absolute Gasteiger partial charge is 0.371 e. The maximum absolute atomic E-state index is 15.3. The Morgan fingerprint density at radius 3 is 2.41 bits per heavy atom. The van der Waals surface area contributed by atoms with Gasteiger partial charge in [0.15, 0.2) is 0 Å². The van der Waals surface area contributed by atoms with E-state index in [9.17, 15) is 8.42 Å². The second-order valence-electron chi connectivity index (χ2n) is 9.71. The van der Waals surface area contributed by atoms with Crippen LogP contribution < -0.4 is 4.90 Å². The van der Waals surface area contributed by atoms with Crippen molar-refractivity contribution in [3.63, 3.8) is 0 Å². The highest BCUT2D eigenvalue weighted by Gasteiger charge is 2.57. The lowest BCUT2D eigenvalue weighted by Crippen LogP contribution is -2.41. The molecule has 0 amide bonds. The first-order chi connectivity index (χ1) is 16.4. The van der Waals surface area contributed by atoms with Crippen molar-refractivity contribution in [1.82, 2.24) is 19.1 Å². The van der Waals surface area contributed by atoms with E-state index >= 15 is 4.39 Å². The molecule has 0 radical (unpaired) electrons. The number of fused-ring (bicyclic) bond motifs is 1. The molecule has 1 saturated carbocycles. The number of anilines is 1. The zero-order chi connectivity index (χ0) is 23.4. The Hall–Kier alpha value is -2.78. The van der Waals surface area contributed by atoms with Gasteiger partial charge in [-0.05, 0) is 37.5 Å². The summed E-state index contributed by atoms with van der Waals surface area (Å²) in [7, 11) is -3.59. The van der Waals surface area contributed by atoms with Gasteiger partial charge in [0.05, 0.1) is 0 Å². The number of rotatable bonds is 5. The highest BCUT2D eigenvalue weighted by Crippen LogP contribution is 2.55. The molecule has 2 saturated heterocycles. The van der Waals surface area contributed by atoms with Crippen LogP contribution in [0.25, 0.3) is 0 Å². The summed E-state index contributed by atoms with van der Waals surface area (Å²) in [5.74, 6) is 0.718. The lowest BCUT2D eigenvalue weighted by atomic mass is 10.0. The van der Waals surface area contributed by atoms with Gasteiger partial charge in [-0.3, -0.25) is 0 Å². The van der Waals surface area contributed by atoms with Crippen LogP contribution >= 0.6 is 0 Å². The van der Waals surface area contributed by atoms with Crippen LogP contribution in [0.2, 0.25) is 0 Å². The van der Waals surface area contributed by atoms with E-state index in [0.29, 0.717) is 36.4 Å². The van der Waals surface area contributed by atoms with Crippen molar-refractivity contribution in [1.29, 1.82) is 0 Å². The molecule has 3 heterocycles. The molecule has 2 aliphatic heterocycles. The first-order valence-corrected chi connectivity index (χ1v) is 13.4. The predicted molar refractivity (Wildman–Crippen MR) is 127 cm³/mol. The van der Waals surface area contributed by atoms with Gasteiger partial charge in [0.1, 0.15) is 23.7 Å². The van der Waals surface area contributed by atoms with E-state index in [4.69, 9.17) is 0 Å². The van der Waals surface area contributed by atoms with Gasteiger partial charge in [0.2, 0.25) is 10.0 Å². The summed E-state index contributed by atoms with van der Waals surface area (Å²) in [5.41, 5.74) is 2.08. The average Bonchev–Trinajstić information content (AvgIpc) is 3.21. The Labute approximate surface area is 199 Å². The van der Waals surface area contributed by atoms with E-state index in [1.807, 2.05) is 36.4 Å². The molecule has 0 bridgehead atoms. The van der Waals surface area contributed by atoms with Crippen LogP contribution in [0.15, 0.2) is 61.2 Å². The maximum Gasteiger partial charge on any atom is 0.221 e. The summed E-state index contributed by atoms with van der Waals surface area (Å²) in [6.07, 6.45) is 4.87. The van der Waals surface area contributed by atoms with Gasteiger partial charge in [-0.15, -0.1) is 10.2 Å². The van der Waals surface area contributed by atoms with E-state index in [-0.39, 0.29) is 5.82 Å². The van der Waals surface area contributed by atoms with Crippen LogP contribution in [0.4, 0.5) is 10.1 Å². The third-order valence-corrected chi connectivity index (χ3v) is 10.2. The van der Waals surface area contributed by atoms with Crippen LogP contribution in [-0.4, -0.2) is 47.1 Å². The monoisotopic (exact) mass is 481 g/mol. The summed E-state index contributed by atoms with van der Waals surface area (Å²) in [6, 6.07) is 14.5. The van der Waals surface area contributed by atoms with Crippen LogP contribution in [0, 0.1) is 17.7 Å². The second kappa shape index (κ2) is 8.16. The Kier molecular flexibility index (Phi) is 5.22. The summed E-state index contributed by atoms with van der Waals surface area (Å²) in [4.78, 5) is 2.22. The van der Waals surface area contributed by atoms with E-state index in [1.165, 1.54) is 4.31 Å². The first-order valence-electron chi connectivity index (χ1n) is 11.9. The molecular weight excluding hydrogens is 453 g/mol. The minimum atomic E-state index is -3.59.